The highest BCUT2D eigenvalue weighted by atomic mass is 35.5. The van der Waals surface area contributed by atoms with E-state index >= 15 is 0 Å². The largest absolute Gasteiger partial charge is 0.495 e. The summed E-state index contributed by atoms with van der Waals surface area (Å²) in [5.74, 6) is 1.87. The lowest BCUT2D eigenvalue weighted by Crippen LogP contribution is -2.47. The average Bonchev–Trinajstić information content (AvgIpc) is 3.57. The Morgan fingerprint density at radius 2 is 1.83 bits per heavy atom. The molecule has 3 amide bonds. The Morgan fingerprint density at radius 1 is 1.15 bits per heavy atom. The molecule has 0 radical (unpaired) electrons. The number of methoxy groups -OCH3 is 2. The first-order valence-electron chi connectivity index (χ1n) is 12.6. The molecule has 2 aromatic heterocycles. The standard InChI is InChI=1S/C26H29Cl2N9O4/c1-6-20(38)30-15-12-36(19-7-8-34(2)33-19)13-16(15)31-25-29-10-14-11-37(26(39)35(3)24(14)32-25)23-21(27)17(40-4)9-18(41-5)22(23)28/h6-10,15-16H,1,11-13H2,2-5H3,(H,30,38)(H,29,31,32). The van der Waals surface area contributed by atoms with E-state index in [2.05, 4.69) is 37.2 Å². The molecule has 3 aromatic rings. The van der Waals surface area contributed by atoms with Gasteiger partial charge in [-0.25, -0.2) is 9.78 Å². The van der Waals surface area contributed by atoms with Gasteiger partial charge in [-0.3, -0.25) is 19.3 Å². The molecule has 0 bridgehead atoms. The van der Waals surface area contributed by atoms with Crippen LogP contribution in [0.1, 0.15) is 5.56 Å². The number of rotatable bonds is 8. The molecule has 15 heteroatoms. The van der Waals surface area contributed by atoms with Crippen molar-refractivity contribution in [1.82, 2.24) is 25.1 Å². The molecule has 2 aliphatic rings. The minimum atomic E-state index is -0.403. The summed E-state index contributed by atoms with van der Waals surface area (Å²) in [5.41, 5.74) is 0.931. The number of fused-ring (bicyclic) bond motifs is 1. The third-order valence-electron chi connectivity index (χ3n) is 7.00. The van der Waals surface area contributed by atoms with Gasteiger partial charge in [0.15, 0.2) is 5.82 Å². The van der Waals surface area contributed by atoms with Gasteiger partial charge in [0.25, 0.3) is 0 Å². The van der Waals surface area contributed by atoms with Gasteiger partial charge in [-0.1, -0.05) is 29.8 Å². The predicted octanol–water partition coefficient (Wildman–Crippen LogP) is 3.08. The van der Waals surface area contributed by atoms with Crippen molar-refractivity contribution < 1.29 is 19.1 Å². The number of nitrogens with zero attached hydrogens (tertiary/aromatic N) is 7. The summed E-state index contributed by atoms with van der Waals surface area (Å²) in [6.07, 6.45) is 4.74. The Kier molecular flexibility index (Phi) is 7.82. The molecule has 2 aliphatic heterocycles. The van der Waals surface area contributed by atoms with Crippen LogP contribution in [-0.2, 0) is 18.4 Å². The van der Waals surface area contributed by atoms with Gasteiger partial charge in [0.05, 0.1) is 38.5 Å². The van der Waals surface area contributed by atoms with Gasteiger partial charge >= 0.3 is 6.03 Å². The second-order valence-electron chi connectivity index (χ2n) is 9.55. The molecule has 0 aliphatic carbocycles. The molecular formula is C26H29Cl2N9O4. The highest BCUT2D eigenvalue weighted by Gasteiger charge is 2.37. The van der Waals surface area contributed by atoms with Crippen molar-refractivity contribution in [3.63, 3.8) is 0 Å². The van der Waals surface area contributed by atoms with Crippen molar-refractivity contribution in [3.8, 4) is 11.5 Å². The van der Waals surface area contributed by atoms with E-state index in [9.17, 15) is 9.59 Å². The molecule has 13 nitrogen and oxygen atoms in total. The van der Waals surface area contributed by atoms with Crippen molar-refractivity contribution in [2.24, 2.45) is 7.05 Å². The molecule has 0 spiro atoms. The van der Waals surface area contributed by atoms with E-state index in [1.54, 1.807) is 24.0 Å². The van der Waals surface area contributed by atoms with Gasteiger partial charge in [0, 0.05) is 57.3 Å². The molecule has 2 unspecified atom stereocenters. The number of urea groups is 1. The molecule has 2 atom stereocenters. The summed E-state index contributed by atoms with van der Waals surface area (Å²) in [6.45, 7) is 4.73. The normalized spacial score (nSPS) is 18.3. The van der Waals surface area contributed by atoms with Crippen molar-refractivity contribution >= 4 is 58.4 Å². The van der Waals surface area contributed by atoms with Crippen LogP contribution in [0.15, 0.2) is 37.2 Å². The van der Waals surface area contributed by atoms with Gasteiger partial charge in [-0.05, 0) is 6.08 Å². The second-order valence-corrected chi connectivity index (χ2v) is 10.3. The average molecular weight is 602 g/mol. The maximum absolute atomic E-state index is 13.6. The number of carbonyl (C=O) groups is 2. The van der Waals surface area contributed by atoms with Crippen LogP contribution in [0, 0.1) is 0 Å². The van der Waals surface area contributed by atoms with Gasteiger partial charge < -0.3 is 25.0 Å². The fourth-order valence-corrected chi connectivity index (χ4v) is 5.63. The fourth-order valence-electron chi connectivity index (χ4n) is 4.93. The smallest absolute Gasteiger partial charge is 0.330 e. The van der Waals surface area contributed by atoms with Gasteiger partial charge in [-0.2, -0.15) is 10.1 Å². The summed E-state index contributed by atoms with van der Waals surface area (Å²) in [7, 11) is 6.38. The minimum absolute atomic E-state index is 0.115. The molecule has 1 aromatic carbocycles. The van der Waals surface area contributed by atoms with Crippen molar-refractivity contribution in [2.45, 2.75) is 18.6 Å². The number of aromatic nitrogens is 4. The number of carbonyl (C=O) groups excluding carboxylic acids is 2. The molecule has 1 saturated heterocycles. The summed E-state index contributed by atoms with van der Waals surface area (Å²) < 4.78 is 12.5. The maximum Gasteiger partial charge on any atom is 0.330 e. The number of nitrogens with one attached hydrogen (secondary N) is 2. The van der Waals surface area contributed by atoms with Crippen molar-refractivity contribution in [3.05, 3.63) is 52.8 Å². The number of halogens is 2. The minimum Gasteiger partial charge on any atom is -0.495 e. The molecule has 1 fully saturated rings. The van der Waals surface area contributed by atoms with E-state index in [-0.39, 0.29) is 40.3 Å². The number of benzene rings is 1. The summed E-state index contributed by atoms with van der Waals surface area (Å²) in [5, 5.41) is 11.1. The first kappa shape index (κ1) is 28.3. The quantitative estimate of drug-likeness (QED) is 0.374. The summed E-state index contributed by atoms with van der Waals surface area (Å²) in [4.78, 5) is 39.8. The van der Waals surface area contributed by atoms with Crippen LogP contribution in [0.5, 0.6) is 11.5 Å². The zero-order valence-corrected chi connectivity index (χ0v) is 24.4. The third-order valence-corrected chi connectivity index (χ3v) is 7.73. The number of aryl methyl sites for hydroxylation is 1. The van der Waals surface area contributed by atoms with Gasteiger partial charge in [0.2, 0.25) is 11.9 Å². The SMILES string of the molecule is C=CC(=O)NC1CN(c2ccn(C)n2)CC1Nc1ncc2c(n1)N(C)C(=O)N(c1c(Cl)c(OC)cc(OC)c1Cl)C2. The molecule has 0 saturated carbocycles. The predicted molar refractivity (Wildman–Crippen MR) is 157 cm³/mol. The summed E-state index contributed by atoms with van der Waals surface area (Å²) >= 11 is 13.2. The molecule has 2 N–H and O–H groups in total. The lowest BCUT2D eigenvalue weighted by molar-refractivity contribution is -0.117. The number of ether oxygens (including phenoxy) is 2. The maximum atomic E-state index is 13.6. The Bertz CT molecular complexity index is 1490. The Balaban J connectivity index is 1.42. The molecular weight excluding hydrogens is 573 g/mol. The summed E-state index contributed by atoms with van der Waals surface area (Å²) in [6, 6.07) is 2.54. The number of hydrogen-bond donors (Lipinski definition) is 2. The highest BCUT2D eigenvalue weighted by molar-refractivity contribution is 6.42. The molecule has 4 heterocycles. The number of amides is 3. The molecule has 216 valence electrons. The first-order chi connectivity index (χ1) is 19.6. The first-order valence-corrected chi connectivity index (χ1v) is 13.4. The number of anilines is 4. The lowest BCUT2D eigenvalue weighted by Gasteiger charge is -2.35. The van der Waals surface area contributed by atoms with Crippen LogP contribution in [0.25, 0.3) is 0 Å². The topological polar surface area (TPSA) is 130 Å². The lowest BCUT2D eigenvalue weighted by atomic mass is 10.1. The van der Waals surface area contributed by atoms with E-state index < -0.39 is 6.03 Å². The van der Waals surface area contributed by atoms with Crippen LogP contribution >= 0.6 is 23.2 Å². The van der Waals surface area contributed by atoms with E-state index in [1.807, 2.05) is 19.3 Å². The van der Waals surface area contributed by atoms with Gasteiger partial charge in [-0.15, -0.1) is 0 Å². The van der Waals surface area contributed by atoms with Crippen molar-refractivity contribution in [1.29, 1.82) is 0 Å². The number of hydrogen-bond acceptors (Lipinski definition) is 9. The molecule has 5 rings (SSSR count). The van der Waals surface area contributed by atoms with Crippen LogP contribution < -0.4 is 34.8 Å². The Morgan fingerprint density at radius 3 is 2.44 bits per heavy atom. The van der Waals surface area contributed by atoms with Crippen LogP contribution in [0.3, 0.4) is 0 Å². The van der Waals surface area contributed by atoms with E-state index in [4.69, 9.17) is 32.7 Å². The Labute approximate surface area is 246 Å². The second kappa shape index (κ2) is 11.3. The van der Waals surface area contributed by atoms with Gasteiger partial charge in [0.1, 0.15) is 27.4 Å². The Hall–Kier alpha value is -4.23. The third kappa shape index (κ3) is 5.30. The van der Waals surface area contributed by atoms with Crippen LogP contribution in [0.2, 0.25) is 10.0 Å². The van der Waals surface area contributed by atoms with E-state index in [0.29, 0.717) is 41.9 Å². The highest BCUT2D eigenvalue weighted by Crippen LogP contribution is 2.47. The van der Waals surface area contributed by atoms with E-state index in [1.165, 1.54) is 30.1 Å². The zero-order chi connectivity index (χ0) is 29.4. The zero-order valence-electron chi connectivity index (χ0n) is 22.9. The monoisotopic (exact) mass is 601 g/mol. The molecule has 41 heavy (non-hydrogen) atoms. The van der Waals surface area contributed by atoms with Crippen molar-refractivity contribution in [2.75, 3.05) is 54.4 Å². The van der Waals surface area contributed by atoms with Crippen LogP contribution in [-0.4, -0.2) is 78.1 Å². The van der Waals surface area contributed by atoms with Crippen LogP contribution in [0.4, 0.5) is 28.1 Å². The van der Waals surface area contributed by atoms with E-state index in [0.717, 1.165) is 5.82 Å². The fraction of sp³-hybridized carbons (Fsp3) is 0.346.